The molecule has 0 unspecified atom stereocenters. The standard InChI is InChI=1S/C36H58O5/c1-3-5-7-9-11-13-15-17-19-21-27-39-35-29-31(23-25-33(35)37)41-32-24-26-34(38)36(30-32)40-28-22-20-18-16-14-12-10-8-6-4-2/h23-26,29-30,37-38H,3-22,27-28H2,1-2H3. The van der Waals surface area contributed by atoms with Crippen molar-refractivity contribution in [2.75, 3.05) is 13.2 Å². The molecule has 0 atom stereocenters. The molecule has 0 aliphatic rings. The summed E-state index contributed by atoms with van der Waals surface area (Å²) in [7, 11) is 0. The topological polar surface area (TPSA) is 68.2 Å². The first kappa shape index (κ1) is 34.6. The second-order valence-corrected chi connectivity index (χ2v) is 11.4. The first-order valence-corrected chi connectivity index (χ1v) is 16.7. The Morgan fingerprint density at radius 1 is 0.439 bits per heavy atom. The first-order chi connectivity index (χ1) is 20.1. The van der Waals surface area contributed by atoms with Crippen molar-refractivity contribution in [2.45, 2.75) is 142 Å². The molecule has 2 aromatic carbocycles. The SMILES string of the molecule is CCCCCCCCCCCCOc1cc(Oc2ccc(O)c(OCCCCCCCCCCCC)c2)ccc1O. The number of unbranched alkanes of at least 4 members (excludes halogenated alkanes) is 18. The summed E-state index contributed by atoms with van der Waals surface area (Å²) in [6, 6.07) is 10.0. The Kier molecular flexibility index (Phi) is 19.5. The molecule has 0 radical (unpaired) electrons. The maximum absolute atomic E-state index is 10.2. The molecule has 0 amide bonds. The molecule has 0 saturated carbocycles. The van der Waals surface area contributed by atoms with Gasteiger partial charge < -0.3 is 24.4 Å². The number of hydrogen-bond donors (Lipinski definition) is 2. The van der Waals surface area contributed by atoms with Gasteiger partial charge in [0.05, 0.1) is 13.2 Å². The smallest absolute Gasteiger partial charge is 0.164 e. The maximum atomic E-state index is 10.2. The lowest BCUT2D eigenvalue weighted by atomic mass is 10.1. The van der Waals surface area contributed by atoms with Gasteiger partial charge in [0, 0.05) is 12.1 Å². The lowest BCUT2D eigenvalue weighted by Gasteiger charge is -2.13. The van der Waals surface area contributed by atoms with E-state index in [9.17, 15) is 10.2 Å². The van der Waals surface area contributed by atoms with Crippen LogP contribution in [0.15, 0.2) is 36.4 Å². The van der Waals surface area contributed by atoms with Gasteiger partial charge in [-0.15, -0.1) is 0 Å². The van der Waals surface area contributed by atoms with E-state index in [0.717, 1.165) is 25.7 Å². The lowest BCUT2D eigenvalue weighted by molar-refractivity contribution is 0.285. The van der Waals surface area contributed by atoms with Gasteiger partial charge in [-0.2, -0.15) is 0 Å². The average molecular weight is 571 g/mol. The van der Waals surface area contributed by atoms with Crippen molar-refractivity contribution in [1.29, 1.82) is 0 Å². The summed E-state index contributed by atoms with van der Waals surface area (Å²) in [4.78, 5) is 0. The van der Waals surface area contributed by atoms with Crippen molar-refractivity contribution in [2.24, 2.45) is 0 Å². The zero-order valence-corrected chi connectivity index (χ0v) is 26.1. The Morgan fingerprint density at radius 3 is 1.10 bits per heavy atom. The van der Waals surface area contributed by atoms with E-state index >= 15 is 0 Å². The largest absolute Gasteiger partial charge is 0.504 e. The minimum absolute atomic E-state index is 0.107. The molecule has 5 nitrogen and oxygen atoms in total. The monoisotopic (exact) mass is 570 g/mol. The molecular weight excluding hydrogens is 512 g/mol. The predicted octanol–water partition coefficient (Wildman–Crippen LogP) is 11.5. The number of phenols is 2. The number of phenolic OH excluding ortho intramolecular Hbond substituents is 2. The van der Waals surface area contributed by atoms with Crippen LogP contribution in [-0.4, -0.2) is 23.4 Å². The fourth-order valence-corrected chi connectivity index (χ4v) is 5.03. The number of aromatic hydroxyl groups is 2. The average Bonchev–Trinajstić information content (AvgIpc) is 2.97. The quantitative estimate of drug-likeness (QED) is 0.110. The van der Waals surface area contributed by atoms with E-state index in [-0.39, 0.29) is 11.5 Å². The fraction of sp³-hybridized carbons (Fsp3) is 0.667. The molecule has 0 aliphatic heterocycles. The molecule has 2 aromatic rings. The van der Waals surface area contributed by atoms with Gasteiger partial charge in [-0.1, -0.05) is 129 Å². The van der Waals surface area contributed by atoms with E-state index in [1.54, 1.807) is 36.4 Å². The van der Waals surface area contributed by atoms with Crippen molar-refractivity contribution in [3.63, 3.8) is 0 Å². The van der Waals surface area contributed by atoms with Gasteiger partial charge in [0.25, 0.3) is 0 Å². The van der Waals surface area contributed by atoms with Gasteiger partial charge in [0.2, 0.25) is 0 Å². The normalized spacial score (nSPS) is 11.1. The fourth-order valence-electron chi connectivity index (χ4n) is 5.03. The molecule has 0 aromatic heterocycles. The van der Waals surface area contributed by atoms with Crippen molar-refractivity contribution >= 4 is 0 Å². The molecular formula is C36H58O5. The van der Waals surface area contributed by atoms with Gasteiger partial charge in [-0.05, 0) is 37.1 Å². The number of ether oxygens (including phenoxy) is 3. The minimum Gasteiger partial charge on any atom is -0.504 e. The zero-order valence-electron chi connectivity index (χ0n) is 26.1. The third-order valence-corrected chi connectivity index (χ3v) is 7.61. The van der Waals surface area contributed by atoms with E-state index in [2.05, 4.69) is 13.8 Å². The molecule has 0 fully saturated rings. The number of hydrogen-bond acceptors (Lipinski definition) is 5. The lowest BCUT2D eigenvalue weighted by Crippen LogP contribution is -1.99. The summed E-state index contributed by atoms with van der Waals surface area (Å²) < 4.78 is 17.7. The molecule has 232 valence electrons. The summed E-state index contributed by atoms with van der Waals surface area (Å²) in [5.74, 6) is 2.19. The van der Waals surface area contributed by atoms with Crippen LogP contribution in [0.3, 0.4) is 0 Å². The van der Waals surface area contributed by atoms with Crippen LogP contribution < -0.4 is 14.2 Å². The highest BCUT2D eigenvalue weighted by Crippen LogP contribution is 2.36. The van der Waals surface area contributed by atoms with E-state index in [1.165, 1.54) is 103 Å². The molecule has 0 heterocycles. The summed E-state index contributed by atoms with van der Waals surface area (Å²) in [5, 5.41) is 20.5. The Labute approximate surface area is 250 Å². The molecule has 2 rings (SSSR count). The van der Waals surface area contributed by atoms with Gasteiger partial charge in [0.1, 0.15) is 11.5 Å². The molecule has 41 heavy (non-hydrogen) atoms. The van der Waals surface area contributed by atoms with Gasteiger partial charge in [-0.3, -0.25) is 0 Å². The van der Waals surface area contributed by atoms with Crippen LogP contribution in [0.4, 0.5) is 0 Å². The van der Waals surface area contributed by atoms with Gasteiger partial charge >= 0.3 is 0 Å². The highest BCUT2D eigenvalue weighted by Gasteiger charge is 2.09. The van der Waals surface area contributed by atoms with Crippen LogP contribution >= 0.6 is 0 Å². The second-order valence-electron chi connectivity index (χ2n) is 11.4. The van der Waals surface area contributed by atoms with Crippen LogP contribution in [-0.2, 0) is 0 Å². The van der Waals surface area contributed by atoms with Crippen molar-refractivity contribution in [3.8, 4) is 34.5 Å². The van der Waals surface area contributed by atoms with Crippen LogP contribution in [0.2, 0.25) is 0 Å². The van der Waals surface area contributed by atoms with E-state index in [1.807, 2.05) is 0 Å². The molecule has 5 heteroatoms. The Hall–Kier alpha value is -2.56. The highest BCUT2D eigenvalue weighted by molar-refractivity contribution is 5.48. The third-order valence-electron chi connectivity index (χ3n) is 7.61. The summed E-state index contributed by atoms with van der Waals surface area (Å²) in [5.41, 5.74) is 0. The highest BCUT2D eigenvalue weighted by atomic mass is 16.5. The summed E-state index contributed by atoms with van der Waals surface area (Å²) in [6.45, 7) is 5.66. The molecule has 0 aliphatic carbocycles. The summed E-state index contributed by atoms with van der Waals surface area (Å²) in [6.07, 6.45) is 25.4. The number of benzene rings is 2. The second kappa shape index (κ2) is 23.1. The molecule has 0 saturated heterocycles. The van der Waals surface area contributed by atoms with Gasteiger partial charge in [-0.25, -0.2) is 0 Å². The Balaban J connectivity index is 1.65. The first-order valence-electron chi connectivity index (χ1n) is 16.7. The van der Waals surface area contributed by atoms with Crippen LogP contribution in [0.5, 0.6) is 34.5 Å². The van der Waals surface area contributed by atoms with E-state index in [0.29, 0.717) is 36.2 Å². The Morgan fingerprint density at radius 2 is 0.756 bits per heavy atom. The molecule has 0 bridgehead atoms. The van der Waals surface area contributed by atoms with Crippen LogP contribution in [0.1, 0.15) is 142 Å². The summed E-state index contributed by atoms with van der Waals surface area (Å²) >= 11 is 0. The molecule has 2 N–H and O–H groups in total. The molecule has 0 spiro atoms. The van der Waals surface area contributed by atoms with Crippen LogP contribution in [0, 0.1) is 0 Å². The van der Waals surface area contributed by atoms with E-state index in [4.69, 9.17) is 14.2 Å². The predicted molar refractivity (Wildman–Crippen MR) is 171 cm³/mol. The zero-order chi connectivity index (χ0) is 29.4. The van der Waals surface area contributed by atoms with Crippen molar-refractivity contribution < 1.29 is 24.4 Å². The van der Waals surface area contributed by atoms with Crippen molar-refractivity contribution in [1.82, 2.24) is 0 Å². The van der Waals surface area contributed by atoms with Gasteiger partial charge in [0.15, 0.2) is 23.0 Å². The Bertz CT molecular complexity index is 839. The van der Waals surface area contributed by atoms with Crippen molar-refractivity contribution in [3.05, 3.63) is 36.4 Å². The van der Waals surface area contributed by atoms with E-state index < -0.39 is 0 Å². The van der Waals surface area contributed by atoms with Crippen LogP contribution in [0.25, 0.3) is 0 Å². The minimum atomic E-state index is 0.107. The third kappa shape index (κ3) is 16.5. The maximum Gasteiger partial charge on any atom is 0.164 e. The number of rotatable bonds is 26.